The number of non-ortho nitro benzene ring substituents is 1. The second-order valence-electron chi connectivity index (χ2n) is 4.47. The molecule has 21 heavy (non-hydrogen) atoms. The molecule has 1 aromatic rings. The van der Waals surface area contributed by atoms with Crippen molar-refractivity contribution < 1.29 is 24.0 Å². The number of urea groups is 1. The van der Waals surface area contributed by atoms with Gasteiger partial charge in [-0.05, 0) is 6.07 Å². The van der Waals surface area contributed by atoms with Crippen LogP contribution in [0.4, 0.5) is 20.6 Å². The molecule has 0 bridgehead atoms. The molecule has 0 heterocycles. The zero-order valence-corrected chi connectivity index (χ0v) is 11.4. The fourth-order valence-electron chi connectivity index (χ4n) is 1.51. The Morgan fingerprint density at radius 3 is 2.67 bits per heavy atom. The van der Waals surface area contributed by atoms with Gasteiger partial charge in [-0.3, -0.25) is 14.9 Å². The van der Waals surface area contributed by atoms with Crippen LogP contribution in [0.1, 0.15) is 6.92 Å². The van der Waals surface area contributed by atoms with Crippen molar-refractivity contribution >= 4 is 23.4 Å². The van der Waals surface area contributed by atoms with Crippen LogP contribution in [0.2, 0.25) is 0 Å². The summed E-state index contributed by atoms with van der Waals surface area (Å²) in [6, 6.07) is 1.97. The first kappa shape index (κ1) is 16.3. The van der Waals surface area contributed by atoms with Crippen LogP contribution >= 0.6 is 0 Å². The van der Waals surface area contributed by atoms with Crippen molar-refractivity contribution in [3.8, 4) is 0 Å². The average Bonchev–Trinajstić information content (AvgIpc) is 2.40. The lowest BCUT2D eigenvalue weighted by Gasteiger charge is -2.20. The van der Waals surface area contributed by atoms with Gasteiger partial charge in [-0.2, -0.15) is 0 Å². The molecule has 0 saturated carbocycles. The molecule has 0 aliphatic rings. The standard InChI is InChI=1S/C12H14FN3O5/c1-7(11(17)18)6-15(2)12(19)14-10-5-8(16(20)21)3-4-9(10)13/h3-5,7H,6H2,1-2H3,(H,14,19)(H,17,18). The number of hydrogen-bond donors (Lipinski definition) is 2. The molecule has 2 amide bonds. The van der Waals surface area contributed by atoms with Gasteiger partial charge in [0.25, 0.3) is 5.69 Å². The maximum absolute atomic E-state index is 13.5. The lowest BCUT2D eigenvalue weighted by atomic mass is 10.2. The SMILES string of the molecule is CC(CN(C)C(=O)Nc1cc([N+](=O)[O-])ccc1F)C(=O)O. The van der Waals surface area contributed by atoms with Crippen molar-refractivity contribution in [3.63, 3.8) is 0 Å². The first-order valence-corrected chi connectivity index (χ1v) is 5.91. The van der Waals surface area contributed by atoms with Crippen molar-refractivity contribution in [3.05, 3.63) is 34.1 Å². The normalized spacial score (nSPS) is 11.6. The fourth-order valence-corrected chi connectivity index (χ4v) is 1.51. The van der Waals surface area contributed by atoms with Crippen LogP contribution in [0.25, 0.3) is 0 Å². The van der Waals surface area contributed by atoms with Gasteiger partial charge in [0.15, 0.2) is 0 Å². The van der Waals surface area contributed by atoms with E-state index in [1.54, 1.807) is 0 Å². The van der Waals surface area contributed by atoms with Gasteiger partial charge >= 0.3 is 12.0 Å². The van der Waals surface area contributed by atoms with E-state index in [4.69, 9.17) is 5.11 Å². The number of rotatable bonds is 5. The number of benzene rings is 1. The molecule has 114 valence electrons. The predicted octanol–water partition coefficient (Wildman–Crippen LogP) is 1.92. The Balaban J connectivity index is 2.80. The van der Waals surface area contributed by atoms with Crippen LogP contribution in [0.15, 0.2) is 18.2 Å². The number of anilines is 1. The van der Waals surface area contributed by atoms with E-state index in [2.05, 4.69) is 5.32 Å². The van der Waals surface area contributed by atoms with Crippen LogP contribution < -0.4 is 5.32 Å². The molecule has 0 aliphatic carbocycles. The van der Waals surface area contributed by atoms with Gasteiger partial charge < -0.3 is 15.3 Å². The molecule has 0 radical (unpaired) electrons. The Labute approximate surface area is 119 Å². The maximum atomic E-state index is 13.5. The van der Waals surface area contributed by atoms with Crippen LogP contribution in [0.5, 0.6) is 0 Å². The van der Waals surface area contributed by atoms with E-state index in [9.17, 15) is 24.1 Å². The largest absolute Gasteiger partial charge is 0.481 e. The maximum Gasteiger partial charge on any atom is 0.321 e. The molecule has 1 unspecified atom stereocenters. The van der Waals surface area contributed by atoms with Gasteiger partial charge in [-0.1, -0.05) is 6.92 Å². The summed E-state index contributed by atoms with van der Waals surface area (Å²) in [5, 5.41) is 21.5. The monoisotopic (exact) mass is 299 g/mol. The number of aliphatic carboxylic acids is 1. The third kappa shape index (κ3) is 4.41. The predicted molar refractivity (Wildman–Crippen MR) is 71.5 cm³/mol. The molecule has 0 spiro atoms. The van der Waals surface area contributed by atoms with Crippen LogP contribution in [0.3, 0.4) is 0 Å². The molecular weight excluding hydrogens is 285 g/mol. The van der Waals surface area contributed by atoms with E-state index in [0.29, 0.717) is 0 Å². The molecule has 8 nitrogen and oxygen atoms in total. The summed E-state index contributed by atoms with van der Waals surface area (Å²) in [4.78, 5) is 33.4. The zero-order chi connectivity index (χ0) is 16.2. The number of amides is 2. The smallest absolute Gasteiger partial charge is 0.321 e. The van der Waals surface area contributed by atoms with Crippen LogP contribution in [-0.2, 0) is 4.79 Å². The molecule has 0 fully saturated rings. The molecular formula is C12H14FN3O5. The third-order valence-corrected chi connectivity index (χ3v) is 2.72. The second kappa shape index (κ2) is 6.64. The molecule has 9 heteroatoms. The molecule has 1 aromatic carbocycles. The topological polar surface area (TPSA) is 113 Å². The van der Waals surface area contributed by atoms with Gasteiger partial charge in [-0.15, -0.1) is 0 Å². The van der Waals surface area contributed by atoms with Crippen molar-refractivity contribution in [1.82, 2.24) is 4.90 Å². The lowest BCUT2D eigenvalue weighted by molar-refractivity contribution is -0.384. The number of carboxylic acid groups (broad SMARTS) is 1. The molecule has 1 rings (SSSR count). The Kier molecular flexibility index (Phi) is 5.17. The molecule has 0 aliphatic heterocycles. The highest BCUT2D eigenvalue weighted by atomic mass is 19.1. The number of nitro groups is 1. The number of carbonyl (C=O) groups is 2. The summed E-state index contributed by atoms with van der Waals surface area (Å²) in [5.41, 5.74) is -0.711. The van der Waals surface area contributed by atoms with Crippen LogP contribution in [0, 0.1) is 21.8 Å². The Bertz CT molecular complexity index is 578. The van der Waals surface area contributed by atoms with Gasteiger partial charge in [0.1, 0.15) is 5.82 Å². The molecule has 1 atom stereocenters. The van der Waals surface area contributed by atoms with E-state index >= 15 is 0 Å². The van der Waals surface area contributed by atoms with E-state index in [-0.39, 0.29) is 17.9 Å². The number of nitrogens with one attached hydrogen (secondary N) is 1. The van der Waals surface area contributed by atoms with E-state index in [1.807, 2.05) is 0 Å². The third-order valence-electron chi connectivity index (χ3n) is 2.72. The second-order valence-corrected chi connectivity index (χ2v) is 4.47. The number of nitro benzene ring substituents is 1. The van der Waals surface area contributed by atoms with Crippen molar-refractivity contribution in [2.24, 2.45) is 5.92 Å². The quantitative estimate of drug-likeness (QED) is 0.637. The number of hydrogen-bond acceptors (Lipinski definition) is 4. The van der Waals surface area contributed by atoms with Gasteiger partial charge in [0.05, 0.1) is 16.5 Å². The summed E-state index contributed by atoms with van der Waals surface area (Å²) in [5.74, 6) is -2.69. The summed E-state index contributed by atoms with van der Waals surface area (Å²) in [7, 11) is 1.34. The summed E-state index contributed by atoms with van der Waals surface area (Å²) < 4.78 is 13.5. The van der Waals surface area contributed by atoms with Gasteiger partial charge in [0, 0.05) is 25.7 Å². The van der Waals surface area contributed by atoms with Crippen LogP contribution in [-0.4, -0.2) is 40.5 Å². The average molecular weight is 299 g/mol. The number of carbonyl (C=O) groups excluding carboxylic acids is 1. The lowest BCUT2D eigenvalue weighted by Crippen LogP contribution is -2.36. The molecule has 0 aromatic heterocycles. The van der Waals surface area contributed by atoms with Crippen molar-refractivity contribution in [1.29, 1.82) is 0 Å². The first-order valence-electron chi connectivity index (χ1n) is 5.91. The van der Waals surface area contributed by atoms with E-state index in [1.165, 1.54) is 14.0 Å². The summed E-state index contributed by atoms with van der Waals surface area (Å²) >= 11 is 0. The first-order chi connectivity index (χ1) is 9.72. The van der Waals surface area contributed by atoms with E-state index < -0.39 is 28.7 Å². The van der Waals surface area contributed by atoms with E-state index in [0.717, 1.165) is 23.1 Å². The van der Waals surface area contributed by atoms with Gasteiger partial charge in [-0.25, -0.2) is 9.18 Å². The minimum absolute atomic E-state index is 0.0856. The van der Waals surface area contributed by atoms with Gasteiger partial charge in [0.2, 0.25) is 0 Å². The molecule has 2 N–H and O–H groups in total. The highest BCUT2D eigenvalue weighted by Crippen LogP contribution is 2.21. The minimum atomic E-state index is -1.07. The number of nitrogens with zero attached hydrogens (tertiary/aromatic N) is 2. The molecule has 0 saturated heterocycles. The fraction of sp³-hybridized carbons (Fsp3) is 0.333. The Hall–Kier alpha value is -2.71. The minimum Gasteiger partial charge on any atom is -0.481 e. The summed E-state index contributed by atoms with van der Waals surface area (Å²) in [6.07, 6.45) is 0. The zero-order valence-electron chi connectivity index (χ0n) is 11.4. The van der Waals surface area contributed by atoms with Crippen molar-refractivity contribution in [2.45, 2.75) is 6.92 Å². The number of carboxylic acids is 1. The number of halogens is 1. The Morgan fingerprint density at radius 1 is 1.52 bits per heavy atom. The van der Waals surface area contributed by atoms with Crippen molar-refractivity contribution in [2.75, 3.05) is 18.9 Å². The summed E-state index contributed by atoms with van der Waals surface area (Å²) in [6.45, 7) is 1.33. The Morgan fingerprint density at radius 2 is 2.14 bits per heavy atom. The highest BCUT2D eigenvalue weighted by molar-refractivity contribution is 5.90. The highest BCUT2D eigenvalue weighted by Gasteiger charge is 2.19.